The summed E-state index contributed by atoms with van der Waals surface area (Å²) in [5.74, 6) is -1.35. The first-order valence-corrected chi connectivity index (χ1v) is 7.55. The topological polar surface area (TPSA) is 89.9 Å². The van der Waals surface area contributed by atoms with Crippen LogP contribution in [-0.4, -0.2) is 42.1 Å². The van der Waals surface area contributed by atoms with Gasteiger partial charge in [0.05, 0.1) is 31.2 Å². The van der Waals surface area contributed by atoms with Gasteiger partial charge in [0.15, 0.2) is 0 Å². The molecule has 0 saturated heterocycles. The maximum atomic E-state index is 11.8. The number of ether oxygens (including phenoxy) is 2. The maximum Gasteiger partial charge on any atom is 0.308 e. The van der Waals surface area contributed by atoms with Gasteiger partial charge in [-0.3, -0.25) is 14.4 Å². The number of hydrogen-bond donors (Lipinski definition) is 1. The zero-order valence-electron chi connectivity index (χ0n) is 14.2. The Balaban J connectivity index is 4.06. The summed E-state index contributed by atoms with van der Waals surface area (Å²) in [6.45, 7) is 6.51. The summed E-state index contributed by atoms with van der Waals surface area (Å²) in [7, 11) is 1.34. The third kappa shape index (κ3) is 8.77. The smallest absolute Gasteiger partial charge is 0.308 e. The first kappa shape index (κ1) is 20.6. The quantitative estimate of drug-likeness (QED) is 0.619. The number of hydrogen-bond acceptors (Lipinski definition) is 6. The molecule has 0 heterocycles. The van der Waals surface area contributed by atoms with Crippen LogP contribution in [0.3, 0.4) is 0 Å². The molecule has 0 radical (unpaired) electrons. The molecule has 22 heavy (non-hydrogen) atoms. The number of rotatable bonds is 10. The van der Waals surface area contributed by atoms with Gasteiger partial charge in [-0.05, 0) is 26.7 Å². The summed E-state index contributed by atoms with van der Waals surface area (Å²) in [5, 5.41) is 9.94. The Morgan fingerprint density at radius 2 is 1.59 bits per heavy atom. The van der Waals surface area contributed by atoms with E-state index >= 15 is 0 Å². The second kappa shape index (κ2) is 9.56. The minimum atomic E-state index is -1.16. The highest BCUT2D eigenvalue weighted by molar-refractivity contribution is 5.76. The minimum Gasteiger partial charge on any atom is -0.469 e. The van der Waals surface area contributed by atoms with Gasteiger partial charge in [-0.25, -0.2) is 0 Å². The molecular formula is C16H28O6. The monoisotopic (exact) mass is 316 g/mol. The molecule has 6 heteroatoms. The molecule has 1 N–H and O–H groups in total. The molecule has 0 aliphatic carbocycles. The number of carbonyl (C=O) groups is 3. The first-order valence-electron chi connectivity index (χ1n) is 7.55. The second-order valence-electron chi connectivity index (χ2n) is 6.20. The zero-order valence-corrected chi connectivity index (χ0v) is 14.2. The standard InChI is InChI=1S/C16H28O6/c1-11(14(18)21-5)6-7-12(2)15(19)22-9-8-16(4,20)10-13(3)17/h11-12,20H,6-10H2,1-5H3. The Kier molecular flexibility index (Phi) is 8.94. The van der Waals surface area contributed by atoms with Gasteiger partial charge in [0.2, 0.25) is 0 Å². The summed E-state index contributed by atoms with van der Waals surface area (Å²) in [5.41, 5.74) is -1.16. The molecule has 0 aromatic heterocycles. The zero-order chi connectivity index (χ0) is 17.3. The van der Waals surface area contributed by atoms with Crippen molar-refractivity contribution in [3.63, 3.8) is 0 Å². The molecule has 3 unspecified atom stereocenters. The maximum absolute atomic E-state index is 11.8. The predicted molar refractivity (Wildman–Crippen MR) is 81.1 cm³/mol. The Morgan fingerprint density at radius 3 is 2.05 bits per heavy atom. The lowest BCUT2D eigenvalue weighted by molar-refractivity contribution is -0.151. The molecule has 0 spiro atoms. The van der Waals surface area contributed by atoms with E-state index in [9.17, 15) is 19.5 Å². The van der Waals surface area contributed by atoms with Gasteiger partial charge in [0, 0.05) is 12.8 Å². The number of Topliss-reactive ketones (excluding diaryl/α,β-unsaturated/α-hetero) is 1. The fourth-order valence-corrected chi connectivity index (χ4v) is 2.08. The van der Waals surface area contributed by atoms with Crippen LogP contribution in [0.5, 0.6) is 0 Å². The Hall–Kier alpha value is -1.43. The highest BCUT2D eigenvalue weighted by atomic mass is 16.5. The molecule has 0 aromatic rings. The summed E-state index contributed by atoms with van der Waals surface area (Å²) in [6, 6.07) is 0. The van der Waals surface area contributed by atoms with E-state index in [1.165, 1.54) is 14.0 Å². The van der Waals surface area contributed by atoms with Crippen LogP contribution in [0.1, 0.15) is 53.4 Å². The number of methoxy groups -OCH3 is 1. The largest absolute Gasteiger partial charge is 0.469 e. The number of aliphatic hydroxyl groups is 1. The lowest BCUT2D eigenvalue weighted by atomic mass is 9.96. The Labute approximate surface area is 132 Å². The molecule has 128 valence electrons. The molecule has 0 fully saturated rings. The van der Waals surface area contributed by atoms with Crippen LogP contribution in [0.4, 0.5) is 0 Å². The molecule has 0 amide bonds. The molecular weight excluding hydrogens is 288 g/mol. The van der Waals surface area contributed by atoms with Crippen molar-refractivity contribution in [2.75, 3.05) is 13.7 Å². The van der Waals surface area contributed by atoms with E-state index in [4.69, 9.17) is 4.74 Å². The Morgan fingerprint density at radius 1 is 1.09 bits per heavy atom. The molecule has 0 rings (SSSR count). The third-order valence-corrected chi connectivity index (χ3v) is 3.55. The number of ketones is 1. The molecule has 0 aliphatic rings. The summed E-state index contributed by atoms with van der Waals surface area (Å²) >= 11 is 0. The van der Waals surface area contributed by atoms with Crippen LogP contribution in [0.25, 0.3) is 0 Å². The molecule has 6 nitrogen and oxygen atoms in total. The van der Waals surface area contributed by atoms with Gasteiger partial charge in [0.1, 0.15) is 5.78 Å². The van der Waals surface area contributed by atoms with Crippen LogP contribution in [0.15, 0.2) is 0 Å². The minimum absolute atomic E-state index is 0.0384. The lowest BCUT2D eigenvalue weighted by Gasteiger charge is -2.22. The fraction of sp³-hybridized carbons (Fsp3) is 0.812. The highest BCUT2D eigenvalue weighted by Gasteiger charge is 2.24. The van der Waals surface area contributed by atoms with E-state index < -0.39 is 5.60 Å². The van der Waals surface area contributed by atoms with E-state index in [2.05, 4.69) is 4.74 Å². The third-order valence-electron chi connectivity index (χ3n) is 3.55. The average molecular weight is 316 g/mol. The molecule has 3 atom stereocenters. The van der Waals surface area contributed by atoms with Crippen LogP contribution in [0.2, 0.25) is 0 Å². The van der Waals surface area contributed by atoms with Gasteiger partial charge in [-0.15, -0.1) is 0 Å². The van der Waals surface area contributed by atoms with Crippen molar-refractivity contribution in [2.45, 2.75) is 59.0 Å². The molecule has 0 saturated carbocycles. The van der Waals surface area contributed by atoms with Crippen molar-refractivity contribution in [1.29, 1.82) is 0 Å². The van der Waals surface area contributed by atoms with Crippen LogP contribution in [0, 0.1) is 11.8 Å². The van der Waals surface area contributed by atoms with Gasteiger partial charge in [-0.2, -0.15) is 0 Å². The number of esters is 2. The van der Waals surface area contributed by atoms with E-state index in [1.807, 2.05) is 0 Å². The van der Waals surface area contributed by atoms with Crippen LogP contribution < -0.4 is 0 Å². The van der Waals surface area contributed by atoms with E-state index in [1.54, 1.807) is 20.8 Å². The molecule has 0 aliphatic heterocycles. The fourth-order valence-electron chi connectivity index (χ4n) is 2.08. The van der Waals surface area contributed by atoms with E-state index in [0.717, 1.165) is 0 Å². The SMILES string of the molecule is COC(=O)C(C)CCC(C)C(=O)OCCC(C)(O)CC(C)=O. The summed E-state index contributed by atoms with van der Waals surface area (Å²) in [4.78, 5) is 34.1. The van der Waals surface area contributed by atoms with Crippen LogP contribution >= 0.6 is 0 Å². The van der Waals surface area contributed by atoms with Crippen molar-refractivity contribution >= 4 is 17.7 Å². The van der Waals surface area contributed by atoms with E-state index in [-0.39, 0.29) is 49.0 Å². The Bertz CT molecular complexity index is 388. The van der Waals surface area contributed by atoms with Crippen molar-refractivity contribution in [1.82, 2.24) is 0 Å². The predicted octanol–water partition coefficient (Wildman–Crippen LogP) is 1.88. The number of carbonyl (C=O) groups excluding carboxylic acids is 3. The van der Waals surface area contributed by atoms with Crippen molar-refractivity contribution < 1.29 is 29.0 Å². The molecule has 0 aromatic carbocycles. The van der Waals surface area contributed by atoms with Gasteiger partial charge < -0.3 is 14.6 Å². The van der Waals surface area contributed by atoms with E-state index in [0.29, 0.717) is 12.8 Å². The summed E-state index contributed by atoms with van der Waals surface area (Å²) < 4.78 is 9.74. The van der Waals surface area contributed by atoms with Crippen molar-refractivity contribution in [2.24, 2.45) is 11.8 Å². The lowest BCUT2D eigenvalue weighted by Crippen LogP contribution is -2.29. The second-order valence-corrected chi connectivity index (χ2v) is 6.20. The van der Waals surface area contributed by atoms with Crippen LogP contribution in [-0.2, 0) is 23.9 Å². The molecule has 0 bridgehead atoms. The van der Waals surface area contributed by atoms with Crippen molar-refractivity contribution in [3.8, 4) is 0 Å². The normalized spacial score (nSPS) is 16.3. The van der Waals surface area contributed by atoms with Gasteiger partial charge >= 0.3 is 11.9 Å². The summed E-state index contributed by atoms with van der Waals surface area (Å²) in [6.07, 6.45) is 1.32. The van der Waals surface area contributed by atoms with Gasteiger partial charge in [0.25, 0.3) is 0 Å². The van der Waals surface area contributed by atoms with Gasteiger partial charge in [-0.1, -0.05) is 13.8 Å². The van der Waals surface area contributed by atoms with Crippen molar-refractivity contribution in [3.05, 3.63) is 0 Å². The first-order chi connectivity index (χ1) is 10.1. The average Bonchev–Trinajstić information content (AvgIpc) is 2.41. The highest BCUT2D eigenvalue weighted by Crippen LogP contribution is 2.17.